The summed E-state index contributed by atoms with van der Waals surface area (Å²) in [6, 6.07) is 8.69. The highest BCUT2D eigenvalue weighted by Gasteiger charge is 2.23. The molecule has 0 bridgehead atoms. The summed E-state index contributed by atoms with van der Waals surface area (Å²) in [6.07, 6.45) is 3.49. The molecule has 3 rings (SSSR count). The van der Waals surface area contributed by atoms with Gasteiger partial charge in [0.2, 0.25) is 0 Å². The molecule has 1 N–H and O–H groups in total. The lowest BCUT2D eigenvalue weighted by Crippen LogP contribution is -3.12. The van der Waals surface area contributed by atoms with Crippen molar-refractivity contribution in [2.45, 2.75) is 6.42 Å². The summed E-state index contributed by atoms with van der Waals surface area (Å²) in [7, 11) is 0. The van der Waals surface area contributed by atoms with Gasteiger partial charge in [0.1, 0.15) is 18.8 Å². The summed E-state index contributed by atoms with van der Waals surface area (Å²) in [6.45, 7) is 4.06. The molecule has 0 aromatic heterocycles. The number of allylic oxidation sites excluding steroid dienone is 1. The monoisotopic (exact) mass is 202 g/mol. The maximum atomic E-state index is 5.39. The lowest BCUT2D eigenvalue weighted by Gasteiger charge is -2.24. The van der Waals surface area contributed by atoms with E-state index < -0.39 is 0 Å². The molecule has 1 heterocycles. The van der Waals surface area contributed by atoms with Gasteiger partial charge in [0.15, 0.2) is 0 Å². The summed E-state index contributed by atoms with van der Waals surface area (Å²) in [4.78, 5) is 1.61. The summed E-state index contributed by atoms with van der Waals surface area (Å²) in [5.74, 6) is 0. The Morgan fingerprint density at radius 2 is 1.87 bits per heavy atom. The van der Waals surface area contributed by atoms with Crippen molar-refractivity contribution in [2.24, 2.45) is 0 Å². The molecule has 2 nitrogen and oxygen atoms in total. The minimum Gasteiger partial charge on any atom is -0.370 e. The Morgan fingerprint density at radius 3 is 2.67 bits per heavy atom. The van der Waals surface area contributed by atoms with Crippen LogP contribution in [0.1, 0.15) is 11.1 Å². The van der Waals surface area contributed by atoms with Crippen molar-refractivity contribution in [1.82, 2.24) is 0 Å². The van der Waals surface area contributed by atoms with E-state index in [0.717, 1.165) is 32.7 Å². The number of ether oxygens (including phenoxy) is 1. The van der Waals surface area contributed by atoms with Crippen LogP contribution in [-0.4, -0.2) is 26.3 Å². The zero-order valence-corrected chi connectivity index (χ0v) is 8.83. The van der Waals surface area contributed by atoms with E-state index in [1.165, 1.54) is 11.1 Å². The molecule has 1 aromatic carbocycles. The van der Waals surface area contributed by atoms with Crippen LogP contribution in [0.2, 0.25) is 0 Å². The van der Waals surface area contributed by atoms with Crippen LogP contribution in [0.25, 0.3) is 6.08 Å². The lowest BCUT2D eigenvalue weighted by atomic mass is 10.1. The van der Waals surface area contributed by atoms with Crippen LogP contribution in [0.15, 0.2) is 30.0 Å². The summed E-state index contributed by atoms with van der Waals surface area (Å²) < 4.78 is 5.39. The van der Waals surface area contributed by atoms with E-state index in [-0.39, 0.29) is 0 Å². The summed E-state index contributed by atoms with van der Waals surface area (Å²) in [5.41, 5.74) is 4.43. The Balaban J connectivity index is 1.81. The summed E-state index contributed by atoms with van der Waals surface area (Å²) >= 11 is 0. The number of hydrogen-bond donors (Lipinski definition) is 1. The van der Waals surface area contributed by atoms with Crippen molar-refractivity contribution in [3.63, 3.8) is 0 Å². The first-order valence-corrected chi connectivity index (χ1v) is 5.65. The van der Waals surface area contributed by atoms with Crippen molar-refractivity contribution < 1.29 is 9.64 Å². The van der Waals surface area contributed by atoms with Gasteiger partial charge in [0.25, 0.3) is 0 Å². The van der Waals surface area contributed by atoms with Crippen LogP contribution >= 0.6 is 0 Å². The van der Waals surface area contributed by atoms with Crippen LogP contribution < -0.4 is 4.90 Å². The molecule has 2 aliphatic rings. The number of rotatable bonds is 1. The number of quaternary nitrogens is 1. The molecule has 1 aliphatic carbocycles. The molecular formula is C13H16NO+. The summed E-state index contributed by atoms with van der Waals surface area (Å²) in [5, 5.41) is 0. The molecule has 1 saturated heterocycles. The molecule has 0 radical (unpaired) electrons. The SMILES string of the molecule is C1=C([NH+]2CCOCC2)Cc2ccccc21. The zero-order chi connectivity index (χ0) is 10.1. The van der Waals surface area contributed by atoms with Gasteiger partial charge in [-0.1, -0.05) is 24.3 Å². The van der Waals surface area contributed by atoms with Crippen LogP contribution in [-0.2, 0) is 11.2 Å². The molecule has 0 spiro atoms. The normalized spacial score (nSPS) is 21.2. The highest BCUT2D eigenvalue weighted by atomic mass is 16.5. The van der Waals surface area contributed by atoms with Crippen LogP contribution in [0.4, 0.5) is 0 Å². The smallest absolute Gasteiger partial charge is 0.112 e. The maximum Gasteiger partial charge on any atom is 0.112 e. The van der Waals surface area contributed by atoms with Gasteiger partial charge in [-0.15, -0.1) is 0 Å². The Hall–Kier alpha value is -1.12. The highest BCUT2D eigenvalue weighted by Crippen LogP contribution is 2.21. The minimum absolute atomic E-state index is 0.906. The van der Waals surface area contributed by atoms with Crippen LogP contribution in [0.5, 0.6) is 0 Å². The third-order valence-electron chi connectivity index (χ3n) is 3.32. The molecule has 1 aromatic rings. The van der Waals surface area contributed by atoms with E-state index in [4.69, 9.17) is 4.74 Å². The van der Waals surface area contributed by atoms with Gasteiger partial charge in [-0.25, -0.2) is 0 Å². The van der Waals surface area contributed by atoms with Gasteiger partial charge in [-0.2, -0.15) is 0 Å². The molecular weight excluding hydrogens is 186 g/mol. The second-order valence-corrected chi connectivity index (χ2v) is 4.26. The van der Waals surface area contributed by atoms with Gasteiger partial charge in [-0.05, 0) is 11.1 Å². The molecule has 0 atom stereocenters. The lowest BCUT2D eigenvalue weighted by molar-refractivity contribution is -0.869. The number of nitrogens with one attached hydrogen (secondary N) is 1. The Bertz CT molecular complexity index is 391. The predicted octanol–water partition coefficient (Wildman–Crippen LogP) is 0.499. The van der Waals surface area contributed by atoms with Gasteiger partial charge in [-0.3, -0.25) is 0 Å². The van der Waals surface area contributed by atoms with Crippen molar-refractivity contribution in [1.29, 1.82) is 0 Å². The van der Waals surface area contributed by atoms with Crippen molar-refractivity contribution >= 4 is 6.08 Å². The maximum absolute atomic E-state index is 5.39. The number of benzene rings is 1. The second-order valence-electron chi connectivity index (χ2n) is 4.26. The highest BCUT2D eigenvalue weighted by molar-refractivity contribution is 5.61. The topological polar surface area (TPSA) is 13.7 Å². The Kier molecular flexibility index (Phi) is 2.31. The Labute approximate surface area is 90.2 Å². The number of morpholine rings is 1. The molecule has 2 heteroatoms. The van der Waals surface area contributed by atoms with E-state index in [9.17, 15) is 0 Å². The molecule has 78 valence electrons. The van der Waals surface area contributed by atoms with E-state index in [1.807, 2.05) is 0 Å². The van der Waals surface area contributed by atoms with Gasteiger partial charge in [0.05, 0.1) is 13.2 Å². The fraction of sp³-hybridized carbons (Fsp3) is 0.385. The quantitative estimate of drug-likeness (QED) is 0.700. The fourth-order valence-corrected chi connectivity index (χ4v) is 2.45. The third kappa shape index (κ3) is 1.71. The molecule has 0 unspecified atom stereocenters. The fourth-order valence-electron chi connectivity index (χ4n) is 2.45. The van der Waals surface area contributed by atoms with Crippen molar-refractivity contribution in [3.05, 3.63) is 41.1 Å². The molecule has 1 fully saturated rings. The Morgan fingerprint density at radius 1 is 1.07 bits per heavy atom. The second kappa shape index (κ2) is 3.80. The average Bonchev–Trinajstić information content (AvgIpc) is 2.74. The largest absolute Gasteiger partial charge is 0.370 e. The van der Waals surface area contributed by atoms with Crippen LogP contribution in [0.3, 0.4) is 0 Å². The van der Waals surface area contributed by atoms with E-state index in [0.29, 0.717) is 0 Å². The van der Waals surface area contributed by atoms with Gasteiger partial charge in [0, 0.05) is 12.5 Å². The molecule has 1 aliphatic heterocycles. The van der Waals surface area contributed by atoms with Gasteiger partial charge >= 0.3 is 0 Å². The zero-order valence-electron chi connectivity index (χ0n) is 8.83. The number of hydrogen-bond acceptors (Lipinski definition) is 1. The number of fused-ring (bicyclic) bond motifs is 1. The molecule has 0 amide bonds. The van der Waals surface area contributed by atoms with E-state index in [1.54, 1.807) is 10.6 Å². The first kappa shape index (κ1) is 9.13. The molecule has 0 saturated carbocycles. The van der Waals surface area contributed by atoms with E-state index >= 15 is 0 Å². The van der Waals surface area contributed by atoms with E-state index in [2.05, 4.69) is 30.3 Å². The van der Waals surface area contributed by atoms with Crippen LogP contribution in [0, 0.1) is 0 Å². The van der Waals surface area contributed by atoms with Crippen molar-refractivity contribution in [3.8, 4) is 0 Å². The first-order chi connectivity index (χ1) is 7.43. The van der Waals surface area contributed by atoms with Crippen molar-refractivity contribution in [2.75, 3.05) is 26.3 Å². The third-order valence-corrected chi connectivity index (χ3v) is 3.32. The van der Waals surface area contributed by atoms with Gasteiger partial charge < -0.3 is 9.64 Å². The minimum atomic E-state index is 0.906. The standard InChI is InChI=1S/C13H15NO/c1-2-4-12-10-13(9-11(12)3-1)14-5-7-15-8-6-14/h1-4,9H,5-8,10H2/p+1. The first-order valence-electron chi connectivity index (χ1n) is 5.65. The molecule has 15 heavy (non-hydrogen) atoms. The average molecular weight is 202 g/mol. The predicted molar refractivity (Wildman–Crippen MR) is 59.6 cm³/mol.